The molecule has 29 heavy (non-hydrogen) atoms. The summed E-state index contributed by atoms with van der Waals surface area (Å²) in [5, 5.41) is 3.06. The van der Waals surface area contributed by atoms with Gasteiger partial charge in [0, 0.05) is 44.6 Å². The number of hydrogen-bond acceptors (Lipinski definition) is 5. The van der Waals surface area contributed by atoms with E-state index in [0.29, 0.717) is 12.6 Å². The SMILES string of the molecule is CC(C)OCC(=O)N1CCC(N2CCC[C@H](C(=O)NCc3cccnc3)C2)CC1. The Hall–Kier alpha value is -1.99. The normalized spacial score (nSPS) is 21.3. The number of nitrogens with one attached hydrogen (secondary N) is 1. The quantitative estimate of drug-likeness (QED) is 0.753. The molecule has 2 fully saturated rings. The highest BCUT2D eigenvalue weighted by Crippen LogP contribution is 2.24. The van der Waals surface area contributed by atoms with Gasteiger partial charge in [-0.05, 0) is 57.7 Å². The van der Waals surface area contributed by atoms with Crippen LogP contribution in [0, 0.1) is 5.92 Å². The average Bonchev–Trinajstić information content (AvgIpc) is 2.76. The van der Waals surface area contributed by atoms with Crippen molar-refractivity contribution in [2.45, 2.75) is 58.2 Å². The highest BCUT2D eigenvalue weighted by atomic mass is 16.5. The predicted octanol–water partition coefficient (Wildman–Crippen LogP) is 1.83. The molecule has 0 unspecified atom stereocenters. The molecule has 3 rings (SSSR count). The highest BCUT2D eigenvalue weighted by molar-refractivity contribution is 5.79. The Labute approximate surface area is 173 Å². The monoisotopic (exact) mass is 402 g/mol. The van der Waals surface area contributed by atoms with E-state index in [2.05, 4.69) is 15.2 Å². The number of carbonyl (C=O) groups is 2. The van der Waals surface area contributed by atoms with Crippen molar-refractivity contribution < 1.29 is 14.3 Å². The summed E-state index contributed by atoms with van der Waals surface area (Å²) in [7, 11) is 0. The Bertz CT molecular complexity index is 659. The molecule has 3 heterocycles. The first-order valence-electron chi connectivity index (χ1n) is 10.8. The zero-order valence-electron chi connectivity index (χ0n) is 17.7. The van der Waals surface area contributed by atoms with Crippen LogP contribution in [0.1, 0.15) is 45.1 Å². The molecule has 1 atom stereocenters. The van der Waals surface area contributed by atoms with Gasteiger partial charge in [0.2, 0.25) is 11.8 Å². The van der Waals surface area contributed by atoms with E-state index >= 15 is 0 Å². The van der Waals surface area contributed by atoms with E-state index in [1.54, 1.807) is 12.4 Å². The average molecular weight is 403 g/mol. The zero-order valence-corrected chi connectivity index (χ0v) is 17.7. The second kappa shape index (κ2) is 10.7. The van der Waals surface area contributed by atoms with Gasteiger partial charge >= 0.3 is 0 Å². The summed E-state index contributed by atoms with van der Waals surface area (Å²) in [6.45, 7) is 8.00. The standard InChI is InChI=1S/C22H34N4O3/c1-17(2)29-16-21(27)25-11-7-20(8-12-25)26-10-4-6-19(15-26)22(28)24-14-18-5-3-9-23-13-18/h3,5,9,13,17,19-20H,4,6-8,10-12,14-16H2,1-2H3,(H,24,28)/t19-/m0/s1. The van der Waals surface area contributed by atoms with Crippen LogP contribution in [0.2, 0.25) is 0 Å². The molecule has 2 amide bonds. The van der Waals surface area contributed by atoms with Crippen molar-refractivity contribution >= 4 is 11.8 Å². The number of pyridine rings is 1. The van der Waals surface area contributed by atoms with E-state index in [4.69, 9.17) is 4.74 Å². The maximum absolute atomic E-state index is 12.6. The predicted molar refractivity (Wildman–Crippen MR) is 111 cm³/mol. The number of carbonyl (C=O) groups excluding carboxylic acids is 2. The Morgan fingerprint density at radius 2 is 2.03 bits per heavy atom. The molecule has 0 saturated carbocycles. The number of hydrogen-bond donors (Lipinski definition) is 1. The number of amides is 2. The number of aromatic nitrogens is 1. The number of piperidine rings is 2. The Kier molecular flexibility index (Phi) is 8.00. The topological polar surface area (TPSA) is 74.8 Å². The van der Waals surface area contributed by atoms with Gasteiger partial charge in [0.05, 0.1) is 12.0 Å². The molecule has 1 N–H and O–H groups in total. The fourth-order valence-electron chi connectivity index (χ4n) is 4.20. The molecule has 2 aliphatic rings. The fourth-order valence-corrected chi connectivity index (χ4v) is 4.20. The first-order chi connectivity index (χ1) is 14.0. The van der Waals surface area contributed by atoms with Gasteiger partial charge in [-0.15, -0.1) is 0 Å². The summed E-state index contributed by atoms with van der Waals surface area (Å²) < 4.78 is 5.45. The minimum Gasteiger partial charge on any atom is -0.369 e. The molecule has 2 aliphatic heterocycles. The molecule has 1 aromatic rings. The van der Waals surface area contributed by atoms with Gasteiger partial charge in [-0.1, -0.05) is 6.07 Å². The van der Waals surface area contributed by atoms with Crippen molar-refractivity contribution in [3.63, 3.8) is 0 Å². The number of likely N-dealkylation sites (tertiary alicyclic amines) is 2. The summed E-state index contributed by atoms with van der Waals surface area (Å²) in [6.07, 6.45) is 7.53. The van der Waals surface area contributed by atoms with Crippen LogP contribution in [-0.4, -0.2) is 71.5 Å². The van der Waals surface area contributed by atoms with Crippen LogP contribution in [0.25, 0.3) is 0 Å². The lowest BCUT2D eigenvalue weighted by Gasteiger charge is -2.42. The van der Waals surface area contributed by atoms with Crippen molar-refractivity contribution in [3.8, 4) is 0 Å². The van der Waals surface area contributed by atoms with Crippen LogP contribution in [0.5, 0.6) is 0 Å². The smallest absolute Gasteiger partial charge is 0.248 e. The van der Waals surface area contributed by atoms with Crippen LogP contribution < -0.4 is 5.32 Å². The van der Waals surface area contributed by atoms with Crippen molar-refractivity contribution in [2.75, 3.05) is 32.8 Å². The van der Waals surface area contributed by atoms with Crippen molar-refractivity contribution in [1.82, 2.24) is 20.1 Å². The molecule has 0 aromatic carbocycles. The molecule has 1 aromatic heterocycles. The highest BCUT2D eigenvalue weighted by Gasteiger charge is 2.32. The summed E-state index contributed by atoms with van der Waals surface area (Å²) in [4.78, 5) is 33.4. The van der Waals surface area contributed by atoms with E-state index in [1.165, 1.54) is 0 Å². The van der Waals surface area contributed by atoms with E-state index in [-0.39, 0.29) is 30.4 Å². The van der Waals surface area contributed by atoms with Crippen molar-refractivity contribution in [3.05, 3.63) is 30.1 Å². The Morgan fingerprint density at radius 1 is 1.24 bits per heavy atom. The lowest BCUT2D eigenvalue weighted by Crippen LogP contribution is -2.52. The summed E-state index contributed by atoms with van der Waals surface area (Å²) >= 11 is 0. The maximum Gasteiger partial charge on any atom is 0.248 e. The van der Waals surface area contributed by atoms with Gasteiger partial charge in [0.15, 0.2) is 0 Å². The first-order valence-corrected chi connectivity index (χ1v) is 10.8. The van der Waals surface area contributed by atoms with Gasteiger partial charge < -0.3 is 15.0 Å². The van der Waals surface area contributed by atoms with E-state index in [9.17, 15) is 9.59 Å². The minimum absolute atomic E-state index is 0.0412. The van der Waals surface area contributed by atoms with Gasteiger partial charge in [0.25, 0.3) is 0 Å². The molecule has 7 nitrogen and oxygen atoms in total. The van der Waals surface area contributed by atoms with E-state index in [0.717, 1.165) is 57.4 Å². The van der Waals surface area contributed by atoms with Gasteiger partial charge in [-0.2, -0.15) is 0 Å². The fraction of sp³-hybridized carbons (Fsp3) is 0.682. The lowest BCUT2D eigenvalue weighted by molar-refractivity contribution is -0.139. The van der Waals surface area contributed by atoms with Crippen LogP contribution in [-0.2, 0) is 20.9 Å². The van der Waals surface area contributed by atoms with Gasteiger partial charge in [-0.25, -0.2) is 0 Å². The molecular formula is C22H34N4O3. The van der Waals surface area contributed by atoms with Crippen molar-refractivity contribution in [2.24, 2.45) is 5.92 Å². The van der Waals surface area contributed by atoms with Crippen molar-refractivity contribution in [1.29, 1.82) is 0 Å². The Balaban J connectivity index is 1.42. The number of ether oxygens (including phenoxy) is 1. The summed E-state index contributed by atoms with van der Waals surface area (Å²) in [5.41, 5.74) is 1.02. The van der Waals surface area contributed by atoms with Crippen LogP contribution >= 0.6 is 0 Å². The second-order valence-electron chi connectivity index (χ2n) is 8.38. The molecule has 0 spiro atoms. The second-order valence-corrected chi connectivity index (χ2v) is 8.38. The third-order valence-electron chi connectivity index (χ3n) is 5.89. The van der Waals surface area contributed by atoms with Crippen LogP contribution in [0.15, 0.2) is 24.5 Å². The molecule has 0 radical (unpaired) electrons. The van der Waals surface area contributed by atoms with Gasteiger partial charge in [-0.3, -0.25) is 19.5 Å². The maximum atomic E-state index is 12.6. The largest absolute Gasteiger partial charge is 0.369 e. The molecule has 7 heteroatoms. The third-order valence-corrected chi connectivity index (χ3v) is 5.89. The molecule has 0 bridgehead atoms. The third kappa shape index (κ3) is 6.51. The lowest BCUT2D eigenvalue weighted by atomic mass is 9.93. The molecule has 2 saturated heterocycles. The summed E-state index contributed by atoms with van der Waals surface area (Å²) in [6, 6.07) is 4.32. The van der Waals surface area contributed by atoms with Crippen LogP contribution in [0.3, 0.4) is 0 Å². The van der Waals surface area contributed by atoms with E-state index in [1.807, 2.05) is 30.9 Å². The summed E-state index contributed by atoms with van der Waals surface area (Å²) in [5.74, 6) is 0.264. The number of nitrogens with zero attached hydrogens (tertiary/aromatic N) is 3. The molecular weight excluding hydrogens is 368 g/mol. The Morgan fingerprint density at radius 3 is 2.72 bits per heavy atom. The first kappa shape index (κ1) is 21.7. The minimum atomic E-state index is 0.0412. The number of rotatable bonds is 7. The van der Waals surface area contributed by atoms with Gasteiger partial charge in [0.1, 0.15) is 6.61 Å². The zero-order chi connectivity index (χ0) is 20.6. The van der Waals surface area contributed by atoms with E-state index < -0.39 is 0 Å². The molecule has 0 aliphatic carbocycles. The molecule has 160 valence electrons. The van der Waals surface area contributed by atoms with Crippen LogP contribution in [0.4, 0.5) is 0 Å².